The molecular weight excluding hydrogens is 349 g/mol. The normalized spacial score (nSPS) is 14.1. The van der Waals surface area contributed by atoms with Gasteiger partial charge < -0.3 is 9.64 Å². The van der Waals surface area contributed by atoms with Gasteiger partial charge >= 0.3 is 29.6 Å². The molecule has 0 amide bonds. The Labute approximate surface area is 169 Å². The Kier molecular flexibility index (Phi) is 6.13. The van der Waals surface area contributed by atoms with Crippen LogP contribution in [0.1, 0.15) is 13.8 Å². The summed E-state index contributed by atoms with van der Waals surface area (Å²) in [7, 11) is -4.17. The molecule has 0 saturated carbocycles. The predicted molar refractivity (Wildman–Crippen MR) is 101 cm³/mol. The van der Waals surface area contributed by atoms with Gasteiger partial charge in [-0.2, -0.15) is 8.42 Å². The van der Waals surface area contributed by atoms with E-state index in [-0.39, 0.29) is 29.6 Å². The van der Waals surface area contributed by atoms with Gasteiger partial charge in [-0.25, -0.2) is 0 Å². The molecule has 1 heterocycles. The molecule has 0 atom stereocenters. The number of hydrogen-bond acceptors (Lipinski definition) is 4. The first-order valence-electron chi connectivity index (χ1n) is 7.35. The van der Waals surface area contributed by atoms with E-state index < -0.39 is 10.1 Å². The molecule has 1 aliphatic rings. The monoisotopic (exact) mass is 367 g/mol. The van der Waals surface area contributed by atoms with E-state index in [0.717, 1.165) is 34.0 Å². The molecule has 0 aliphatic carbocycles. The van der Waals surface area contributed by atoms with E-state index in [4.69, 9.17) is 9.29 Å². The third kappa shape index (κ3) is 4.54. The molecule has 0 spiro atoms. The number of fused-ring (bicyclic) bond motifs is 2. The van der Waals surface area contributed by atoms with E-state index in [1.165, 1.54) is 0 Å². The predicted octanol–water partition coefficient (Wildman–Crippen LogP) is 3.98. The molecule has 0 aromatic heterocycles. The zero-order chi connectivity index (χ0) is 17.3. The number of nitrogens with zero attached hydrogens (tertiary/aromatic N) is 1. The Morgan fingerprint density at radius 2 is 1.48 bits per heavy atom. The van der Waals surface area contributed by atoms with Crippen LogP contribution in [0.2, 0.25) is 0 Å². The molecule has 0 saturated heterocycles. The Balaban J connectivity index is 0.00000225. The summed E-state index contributed by atoms with van der Waals surface area (Å²) in [6.07, 6.45) is 1.70. The number of ether oxygens (including phenoxy) is 1. The van der Waals surface area contributed by atoms with Gasteiger partial charge in [-0.15, -0.1) is 0 Å². The van der Waals surface area contributed by atoms with Gasteiger partial charge in [0.15, 0.2) is 11.5 Å². The van der Waals surface area contributed by atoms with Crippen molar-refractivity contribution in [2.24, 2.45) is 0 Å². The Bertz CT molecular complexity index is 906. The number of allylic oxidation sites excluding steroid dienone is 3. The number of para-hydroxylation sites is 4. The molecular formula is C18H18NNaO4S. The first-order valence-corrected chi connectivity index (χ1v) is 8.85. The number of benzene rings is 2. The van der Waals surface area contributed by atoms with Gasteiger partial charge in [-0.1, -0.05) is 24.3 Å². The maximum atomic E-state index is 11.0. The van der Waals surface area contributed by atoms with Crippen molar-refractivity contribution < 1.29 is 17.7 Å². The number of rotatable bonds is 3. The molecule has 2 aromatic carbocycles. The van der Waals surface area contributed by atoms with Gasteiger partial charge in [0.2, 0.25) is 0 Å². The molecule has 3 rings (SSSR count). The summed E-state index contributed by atoms with van der Waals surface area (Å²) >= 11 is 0. The van der Waals surface area contributed by atoms with Crippen LogP contribution in [-0.2, 0) is 10.1 Å². The molecule has 0 unspecified atom stereocenters. The fourth-order valence-electron chi connectivity index (χ4n) is 2.75. The van der Waals surface area contributed by atoms with Crippen molar-refractivity contribution in [1.82, 2.24) is 0 Å². The van der Waals surface area contributed by atoms with Crippen molar-refractivity contribution >= 4 is 51.1 Å². The fraction of sp³-hybridized carbons (Fsp3) is 0.111. The summed E-state index contributed by atoms with van der Waals surface area (Å²) in [6, 6.07) is 15.3. The van der Waals surface area contributed by atoms with Crippen molar-refractivity contribution in [2.45, 2.75) is 13.8 Å². The first-order chi connectivity index (χ1) is 11.3. The summed E-state index contributed by atoms with van der Waals surface area (Å²) in [5, 5.41) is 0.828. The number of anilines is 2. The van der Waals surface area contributed by atoms with Crippen molar-refractivity contribution in [3.63, 3.8) is 0 Å². The van der Waals surface area contributed by atoms with Crippen molar-refractivity contribution in [3.8, 4) is 11.5 Å². The average molecular weight is 367 g/mol. The van der Waals surface area contributed by atoms with Crippen molar-refractivity contribution in [1.29, 1.82) is 0 Å². The Hall–Kier alpha value is -1.57. The minimum absolute atomic E-state index is 0. The van der Waals surface area contributed by atoms with Crippen LogP contribution in [-0.4, -0.2) is 42.5 Å². The topological polar surface area (TPSA) is 66.8 Å². The Morgan fingerprint density at radius 1 is 1.00 bits per heavy atom. The van der Waals surface area contributed by atoms with E-state index >= 15 is 0 Å². The maximum absolute atomic E-state index is 11.0. The standard InChI is InChI=1S/C18H17NO4S.Na.H/c1-13(12-24(20,21)22)11-14(2)19-15-7-3-5-9-17(15)23-18-10-6-4-8-16(18)19;;/h3-12H,1-2H3,(H,20,21,22);;. The van der Waals surface area contributed by atoms with Gasteiger partial charge in [-0.3, -0.25) is 4.55 Å². The SMILES string of the molecule is CC(=CS(=O)(=O)O)C=C(C)N1c2ccccc2Oc2ccccc21.[NaH]. The fourth-order valence-corrected chi connectivity index (χ4v) is 3.29. The van der Waals surface area contributed by atoms with Crippen molar-refractivity contribution in [2.75, 3.05) is 4.90 Å². The summed E-state index contributed by atoms with van der Waals surface area (Å²) < 4.78 is 36.9. The molecule has 5 nitrogen and oxygen atoms in total. The molecule has 1 aliphatic heterocycles. The van der Waals surface area contributed by atoms with Gasteiger partial charge in [-0.05, 0) is 49.8 Å². The first kappa shape index (κ1) is 19.8. The molecule has 0 radical (unpaired) electrons. The van der Waals surface area contributed by atoms with Crippen LogP contribution in [0.25, 0.3) is 0 Å². The molecule has 7 heteroatoms. The molecule has 25 heavy (non-hydrogen) atoms. The summed E-state index contributed by atoms with van der Waals surface area (Å²) in [5.74, 6) is 1.45. The molecule has 126 valence electrons. The van der Waals surface area contributed by atoms with Crippen LogP contribution in [0.5, 0.6) is 11.5 Å². The molecule has 1 N–H and O–H groups in total. The van der Waals surface area contributed by atoms with Crippen LogP contribution >= 0.6 is 0 Å². The summed E-state index contributed by atoms with van der Waals surface area (Å²) in [6.45, 7) is 3.50. The van der Waals surface area contributed by atoms with E-state index in [2.05, 4.69) is 0 Å². The van der Waals surface area contributed by atoms with Crippen LogP contribution in [0.15, 0.2) is 71.3 Å². The Morgan fingerprint density at radius 3 is 1.96 bits per heavy atom. The summed E-state index contributed by atoms with van der Waals surface area (Å²) in [4.78, 5) is 2.00. The van der Waals surface area contributed by atoms with E-state index in [9.17, 15) is 8.42 Å². The van der Waals surface area contributed by atoms with Gasteiger partial charge in [0, 0.05) is 5.70 Å². The van der Waals surface area contributed by atoms with Crippen LogP contribution < -0.4 is 9.64 Å². The van der Waals surface area contributed by atoms with E-state index in [1.807, 2.05) is 60.4 Å². The van der Waals surface area contributed by atoms with Crippen LogP contribution in [0, 0.1) is 0 Å². The zero-order valence-electron chi connectivity index (χ0n) is 13.3. The van der Waals surface area contributed by atoms with E-state index in [0.29, 0.717) is 5.57 Å². The summed E-state index contributed by atoms with van der Waals surface area (Å²) in [5.41, 5.74) is 2.96. The van der Waals surface area contributed by atoms with E-state index in [1.54, 1.807) is 13.0 Å². The quantitative estimate of drug-likeness (QED) is 0.505. The second-order valence-electron chi connectivity index (χ2n) is 5.54. The minimum atomic E-state index is -4.17. The van der Waals surface area contributed by atoms with Gasteiger partial charge in [0.05, 0.1) is 16.8 Å². The third-order valence-electron chi connectivity index (χ3n) is 3.56. The third-order valence-corrected chi connectivity index (χ3v) is 4.23. The molecule has 2 aromatic rings. The van der Waals surface area contributed by atoms with Gasteiger partial charge in [0.25, 0.3) is 10.1 Å². The molecule has 0 fully saturated rings. The number of hydrogen-bond donors (Lipinski definition) is 1. The van der Waals surface area contributed by atoms with Crippen LogP contribution in [0.3, 0.4) is 0 Å². The second kappa shape index (κ2) is 7.76. The van der Waals surface area contributed by atoms with Crippen LogP contribution in [0.4, 0.5) is 11.4 Å². The van der Waals surface area contributed by atoms with Crippen molar-refractivity contribution in [3.05, 3.63) is 71.3 Å². The zero-order valence-corrected chi connectivity index (χ0v) is 14.1. The second-order valence-corrected chi connectivity index (χ2v) is 6.80. The molecule has 0 bridgehead atoms. The van der Waals surface area contributed by atoms with Gasteiger partial charge in [0.1, 0.15) is 0 Å². The average Bonchev–Trinajstić information content (AvgIpc) is 2.50.